The number of anilines is 1. The van der Waals surface area contributed by atoms with Gasteiger partial charge in [0.2, 0.25) is 27.6 Å². The molecular weight excluding hydrogens is 428 g/mol. The zero-order chi connectivity index (χ0) is 21.9. The van der Waals surface area contributed by atoms with Gasteiger partial charge in [0.15, 0.2) is 0 Å². The predicted molar refractivity (Wildman–Crippen MR) is 115 cm³/mol. The van der Waals surface area contributed by atoms with E-state index in [-0.39, 0.29) is 12.4 Å². The van der Waals surface area contributed by atoms with Gasteiger partial charge in [0.25, 0.3) is 0 Å². The maximum atomic E-state index is 12.6. The van der Waals surface area contributed by atoms with Gasteiger partial charge in [0.05, 0.1) is 18.5 Å². The highest BCUT2D eigenvalue weighted by atomic mass is 35.5. The predicted octanol–water partition coefficient (Wildman–Crippen LogP) is 3.17. The van der Waals surface area contributed by atoms with Crippen molar-refractivity contribution in [2.45, 2.75) is 26.4 Å². The lowest BCUT2D eigenvalue weighted by atomic mass is 10.2. The lowest BCUT2D eigenvalue weighted by Gasteiger charge is -2.28. The number of aryl methyl sites for hydroxylation is 1. The molecule has 1 amide bonds. The molecular formula is C20H21ClN4O4S. The summed E-state index contributed by atoms with van der Waals surface area (Å²) in [5.41, 5.74) is 2.11. The quantitative estimate of drug-likeness (QED) is 0.595. The monoisotopic (exact) mass is 448 g/mol. The van der Waals surface area contributed by atoms with Crippen molar-refractivity contribution < 1.29 is 17.7 Å². The van der Waals surface area contributed by atoms with Crippen molar-refractivity contribution >= 4 is 33.2 Å². The van der Waals surface area contributed by atoms with Crippen LogP contribution in [0.25, 0.3) is 11.4 Å². The highest BCUT2D eigenvalue weighted by molar-refractivity contribution is 7.92. The van der Waals surface area contributed by atoms with Crippen molar-refractivity contribution in [3.8, 4) is 11.4 Å². The normalized spacial score (nSPS) is 12.4. The summed E-state index contributed by atoms with van der Waals surface area (Å²) in [5.74, 6) is 0.0652. The SMILES string of the molecule is Cc1ccc(N([C@H](C)C(=O)NCc2nc(-c3ccc(Cl)cc3)no2)S(C)(=O)=O)cc1. The Balaban J connectivity index is 1.70. The molecule has 3 rings (SSSR count). The minimum atomic E-state index is -3.68. The van der Waals surface area contributed by atoms with Crippen molar-refractivity contribution in [3.63, 3.8) is 0 Å². The Labute approximate surface area is 179 Å². The van der Waals surface area contributed by atoms with Crippen LogP contribution in [0, 0.1) is 6.92 Å². The highest BCUT2D eigenvalue weighted by Gasteiger charge is 2.29. The van der Waals surface area contributed by atoms with E-state index in [1.807, 2.05) is 6.92 Å². The number of hydrogen-bond acceptors (Lipinski definition) is 6. The molecule has 0 aliphatic carbocycles. The van der Waals surface area contributed by atoms with Gasteiger partial charge < -0.3 is 9.84 Å². The van der Waals surface area contributed by atoms with Crippen molar-refractivity contribution in [1.82, 2.24) is 15.5 Å². The molecule has 2 aromatic carbocycles. The fraction of sp³-hybridized carbons (Fsp3) is 0.250. The highest BCUT2D eigenvalue weighted by Crippen LogP contribution is 2.22. The molecule has 0 saturated carbocycles. The molecule has 0 radical (unpaired) electrons. The lowest BCUT2D eigenvalue weighted by molar-refractivity contribution is -0.122. The molecule has 10 heteroatoms. The van der Waals surface area contributed by atoms with Crippen LogP contribution in [0.5, 0.6) is 0 Å². The van der Waals surface area contributed by atoms with Crippen molar-refractivity contribution in [3.05, 3.63) is 65.0 Å². The summed E-state index contributed by atoms with van der Waals surface area (Å²) in [7, 11) is -3.68. The second-order valence-electron chi connectivity index (χ2n) is 6.81. The average Bonchev–Trinajstić information content (AvgIpc) is 3.16. The van der Waals surface area contributed by atoms with Crippen LogP contribution in [0.3, 0.4) is 0 Å². The van der Waals surface area contributed by atoms with Gasteiger partial charge in [0, 0.05) is 10.6 Å². The summed E-state index contributed by atoms with van der Waals surface area (Å²) >= 11 is 5.87. The molecule has 30 heavy (non-hydrogen) atoms. The van der Waals surface area contributed by atoms with E-state index in [1.54, 1.807) is 48.5 Å². The van der Waals surface area contributed by atoms with E-state index in [9.17, 15) is 13.2 Å². The van der Waals surface area contributed by atoms with Crippen LogP contribution in [0.2, 0.25) is 5.02 Å². The molecule has 1 atom stereocenters. The molecule has 0 bridgehead atoms. The number of hydrogen-bond donors (Lipinski definition) is 1. The summed E-state index contributed by atoms with van der Waals surface area (Å²) in [5, 5.41) is 7.12. The van der Waals surface area contributed by atoms with Crippen LogP contribution in [-0.2, 0) is 21.4 Å². The van der Waals surface area contributed by atoms with Crippen LogP contribution in [0.4, 0.5) is 5.69 Å². The van der Waals surface area contributed by atoms with Crippen LogP contribution in [-0.4, -0.2) is 36.8 Å². The van der Waals surface area contributed by atoms with Gasteiger partial charge in [-0.15, -0.1) is 0 Å². The van der Waals surface area contributed by atoms with Gasteiger partial charge in [-0.1, -0.05) is 34.5 Å². The first-order valence-electron chi connectivity index (χ1n) is 9.07. The number of halogens is 1. The first kappa shape index (κ1) is 21.8. The smallest absolute Gasteiger partial charge is 0.246 e. The molecule has 0 saturated heterocycles. The summed E-state index contributed by atoms with van der Waals surface area (Å²) in [6.07, 6.45) is 1.06. The summed E-state index contributed by atoms with van der Waals surface area (Å²) in [4.78, 5) is 16.9. The van der Waals surface area contributed by atoms with Crippen molar-refractivity contribution in [2.24, 2.45) is 0 Å². The maximum Gasteiger partial charge on any atom is 0.246 e. The number of nitrogens with one attached hydrogen (secondary N) is 1. The zero-order valence-electron chi connectivity index (χ0n) is 16.7. The minimum absolute atomic E-state index is 0.0325. The fourth-order valence-electron chi connectivity index (χ4n) is 2.85. The molecule has 8 nitrogen and oxygen atoms in total. The largest absolute Gasteiger partial charge is 0.345 e. The van der Waals surface area contributed by atoms with Crippen LogP contribution in [0.15, 0.2) is 53.1 Å². The molecule has 1 aromatic heterocycles. The molecule has 0 unspecified atom stereocenters. The minimum Gasteiger partial charge on any atom is -0.345 e. The van der Waals surface area contributed by atoms with Gasteiger partial charge in [0.1, 0.15) is 6.04 Å². The Morgan fingerprint density at radius 2 is 1.80 bits per heavy atom. The molecule has 0 spiro atoms. The van der Waals surface area contributed by atoms with Gasteiger partial charge in [-0.25, -0.2) is 8.42 Å². The Kier molecular flexibility index (Phi) is 6.42. The molecule has 1 N–H and O–H groups in total. The second kappa shape index (κ2) is 8.85. The second-order valence-corrected chi connectivity index (χ2v) is 9.10. The van der Waals surface area contributed by atoms with Gasteiger partial charge in [-0.05, 0) is 50.2 Å². The molecule has 0 fully saturated rings. The Morgan fingerprint density at radius 3 is 2.40 bits per heavy atom. The first-order chi connectivity index (χ1) is 14.1. The first-order valence-corrected chi connectivity index (χ1v) is 11.3. The van der Waals surface area contributed by atoms with Gasteiger partial charge >= 0.3 is 0 Å². The van der Waals surface area contributed by atoms with Crippen LogP contribution in [0.1, 0.15) is 18.4 Å². The molecule has 0 aliphatic rings. The van der Waals surface area contributed by atoms with Crippen molar-refractivity contribution in [2.75, 3.05) is 10.6 Å². The van der Waals surface area contributed by atoms with E-state index in [4.69, 9.17) is 16.1 Å². The van der Waals surface area contributed by atoms with E-state index in [1.165, 1.54) is 6.92 Å². The third-order valence-corrected chi connectivity index (χ3v) is 5.85. The molecule has 3 aromatic rings. The fourth-order valence-corrected chi connectivity index (χ4v) is 4.15. The average molecular weight is 449 g/mol. The number of carbonyl (C=O) groups excluding carboxylic acids is 1. The third-order valence-electron chi connectivity index (χ3n) is 4.36. The van der Waals surface area contributed by atoms with E-state index in [0.29, 0.717) is 16.5 Å². The molecule has 158 valence electrons. The van der Waals surface area contributed by atoms with Gasteiger partial charge in [-0.2, -0.15) is 4.98 Å². The topological polar surface area (TPSA) is 105 Å². The van der Waals surface area contributed by atoms with Gasteiger partial charge in [-0.3, -0.25) is 9.10 Å². The van der Waals surface area contributed by atoms with Crippen LogP contribution >= 0.6 is 11.6 Å². The Hall–Kier alpha value is -2.91. The van der Waals surface area contributed by atoms with Crippen molar-refractivity contribution in [1.29, 1.82) is 0 Å². The summed E-state index contributed by atoms with van der Waals surface area (Å²) < 4.78 is 30.9. The zero-order valence-corrected chi connectivity index (χ0v) is 18.2. The number of aromatic nitrogens is 2. The number of carbonyl (C=O) groups is 1. The summed E-state index contributed by atoms with van der Waals surface area (Å²) in [6, 6.07) is 12.9. The Bertz CT molecular complexity index is 1130. The standard InChI is InChI=1S/C20H21ClN4O4S/c1-13-4-10-17(11-5-13)25(30(3,27)28)14(2)20(26)22-12-18-23-19(24-29-18)15-6-8-16(21)9-7-15/h4-11,14H,12H2,1-3H3,(H,22,26)/t14-/m1/s1. The molecule has 0 aliphatic heterocycles. The summed E-state index contributed by atoms with van der Waals surface area (Å²) in [6.45, 7) is 3.38. The van der Waals surface area contributed by atoms with E-state index >= 15 is 0 Å². The molecule has 1 heterocycles. The van der Waals surface area contributed by atoms with E-state index in [2.05, 4.69) is 15.5 Å². The number of sulfonamides is 1. The van der Waals surface area contributed by atoms with E-state index in [0.717, 1.165) is 21.7 Å². The number of rotatable bonds is 7. The number of amides is 1. The lowest BCUT2D eigenvalue weighted by Crippen LogP contribution is -2.47. The maximum absolute atomic E-state index is 12.6. The van der Waals surface area contributed by atoms with Crippen LogP contribution < -0.4 is 9.62 Å². The number of nitrogens with zero attached hydrogens (tertiary/aromatic N) is 3. The number of benzene rings is 2. The third kappa shape index (κ3) is 5.17. The Morgan fingerprint density at radius 1 is 1.17 bits per heavy atom. The van der Waals surface area contributed by atoms with E-state index < -0.39 is 22.0 Å².